The van der Waals surface area contributed by atoms with E-state index in [1.807, 2.05) is 0 Å². The summed E-state index contributed by atoms with van der Waals surface area (Å²) < 4.78 is 4.56. The van der Waals surface area contributed by atoms with Crippen molar-refractivity contribution in [3.63, 3.8) is 0 Å². The highest BCUT2D eigenvalue weighted by atomic mass is 16.6. The van der Waals surface area contributed by atoms with Gasteiger partial charge in [0.25, 0.3) is 0 Å². The highest BCUT2D eigenvalue weighted by Gasteiger charge is 2.70. The molecule has 2 aliphatic rings. The van der Waals surface area contributed by atoms with Crippen LogP contribution in [0.5, 0.6) is 0 Å². The molecular weight excluding hydrogens is 174 g/mol. The van der Waals surface area contributed by atoms with Crippen molar-refractivity contribution in [3.8, 4) is 0 Å². The molecule has 0 aromatic rings. The molecule has 2 saturated carbocycles. The van der Waals surface area contributed by atoms with Crippen LogP contribution in [0.2, 0.25) is 0 Å². The highest BCUT2D eigenvalue weighted by molar-refractivity contribution is 5.74. The van der Waals surface area contributed by atoms with E-state index in [1.165, 1.54) is 7.11 Å². The van der Waals surface area contributed by atoms with E-state index in [4.69, 9.17) is 0 Å². The first-order chi connectivity index (χ1) is 6.09. The summed E-state index contributed by atoms with van der Waals surface area (Å²) >= 11 is 0. The highest BCUT2D eigenvalue weighted by Crippen LogP contribution is 2.64. The van der Waals surface area contributed by atoms with Gasteiger partial charge in [0.1, 0.15) is 0 Å². The third kappa shape index (κ3) is 1.10. The number of rotatable bonds is 2. The van der Waals surface area contributed by atoms with Crippen LogP contribution in [-0.2, 0) is 9.53 Å². The molecule has 0 aromatic carbocycles. The maximum Gasteiger partial charge on any atom is 0.308 e. The van der Waals surface area contributed by atoms with Gasteiger partial charge in [0.05, 0.1) is 13.0 Å². The molecule has 0 heterocycles. The Bertz CT molecular complexity index is 269. The lowest BCUT2D eigenvalue weighted by Gasteiger charge is -2.32. The lowest BCUT2D eigenvalue weighted by Crippen LogP contribution is -2.36. The SMILES string of the molecule is COC(=O)C1CC2(C1)CC2[N+](=O)[O-]. The van der Waals surface area contributed by atoms with Gasteiger partial charge in [0.2, 0.25) is 6.04 Å². The van der Waals surface area contributed by atoms with Gasteiger partial charge in [-0.3, -0.25) is 14.9 Å². The minimum absolute atomic E-state index is 0.0880. The molecule has 2 rings (SSSR count). The van der Waals surface area contributed by atoms with Gasteiger partial charge in [0, 0.05) is 16.8 Å². The maximum atomic E-state index is 11.0. The van der Waals surface area contributed by atoms with Crippen LogP contribution in [0.4, 0.5) is 0 Å². The molecule has 0 radical (unpaired) electrons. The normalized spacial score (nSPS) is 41.0. The monoisotopic (exact) mass is 185 g/mol. The second-order valence-electron chi connectivity index (χ2n) is 4.00. The molecule has 5 nitrogen and oxygen atoms in total. The molecule has 72 valence electrons. The van der Waals surface area contributed by atoms with Crippen molar-refractivity contribution in [2.75, 3.05) is 7.11 Å². The third-order valence-corrected chi connectivity index (χ3v) is 3.24. The number of hydrogen-bond donors (Lipinski definition) is 0. The number of hydrogen-bond acceptors (Lipinski definition) is 4. The molecule has 0 saturated heterocycles. The Hall–Kier alpha value is -1.13. The zero-order chi connectivity index (χ0) is 9.64. The first kappa shape index (κ1) is 8.47. The Morgan fingerprint density at radius 3 is 2.54 bits per heavy atom. The summed E-state index contributed by atoms with van der Waals surface area (Å²) in [5, 5.41) is 10.4. The number of carbonyl (C=O) groups is 1. The molecule has 0 aromatic heterocycles. The van der Waals surface area contributed by atoms with Crippen molar-refractivity contribution in [1.82, 2.24) is 0 Å². The first-order valence-corrected chi connectivity index (χ1v) is 4.30. The van der Waals surface area contributed by atoms with Gasteiger partial charge in [-0.25, -0.2) is 0 Å². The van der Waals surface area contributed by atoms with Gasteiger partial charge in [0.15, 0.2) is 0 Å². The molecule has 1 atom stereocenters. The summed E-state index contributed by atoms with van der Waals surface area (Å²) in [6, 6.07) is -0.395. The quantitative estimate of drug-likeness (QED) is 0.359. The zero-order valence-corrected chi connectivity index (χ0v) is 7.36. The largest absolute Gasteiger partial charge is 0.469 e. The van der Waals surface area contributed by atoms with Crippen LogP contribution in [-0.4, -0.2) is 24.0 Å². The van der Waals surface area contributed by atoms with Crippen molar-refractivity contribution in [1.29, 1.82) is 0 Å². The predicted octanol–water partition coefficient (Wildman–Crippen LogP) is 0.605. The van der Waals surface area contributed by atoms with Crippen molar-refractivity contribution in [2.24, 2.45) is 11.3 Å². The maximum absolute atomic E-state index is 11.0. The van der Waals surface area contributed by atoms with Gasteiger partial charge >= 0.3 is 5.97 Å². The number of ether oxygens (including phenoxy) is 1. The summed E-state index contributed by atoms with van der Waals surface area (Å²) in [6.45, 7) is 0. The van der Waals surface area contributed by atoms with E-state index in [0.717, 1.165) is 0 Å². The fourth-order valence-corrected chi connectivity index (χ4v) is 2.32. The zero-order valence-electron chi connectivity index (χ0n) is 7.36. The van der Waals surface area contributed by atoms with Gasteiger partial charge in [-0.2, -0.15) is 0 Å². The summed E-state index contributed by atoms with van der Waals surface area (Å²) in [5.74, 6) is -0.311. The van der Waals surface area contributed by atoms with Gasteiger partial charge < -0.3 is 4.74 Å². The van der Waals surface area contributed by atoms with Crippen LogP contribution in [0, 0.1) is 21.4 Å². The van der Waals surface area contributed by atoms with Crippen LogP contribution in [0.3, 0.4) is 0 Å². The van der Waals surface area contributed by atoms with E-state index in [2.05, 4.69) is 4.74 Å². The van der Waals surface area contributed by atoms with Crippen LogP contribution in [0.25, 0.3) is 0 Å². The van der Waals surface area contributed by atoms with E-state index >= 15 is 0 Å². The second kappa shape index (κ2) is 2.43. The van der Waals surface area contributed by atoms with E-state index in [-0.39, 0.29) is 22.2 Å². The lowest BCUT2D eigenvalue weighted by atomic mass is 9.71. The fourth-order valence-electron chi connectivity index (χ4n) is 2.32. The number of methoxy groups -OCH3 is 1. The molecule has 1 spiro atoms. The Morgan fingerprint density at radius 1 is 1.54 bits per heavy atom. The molecule has 2 aliphatic carbocycles. The van der Waals surface area contributed by atoms with Crippen molar-refractivity contribution in [3.05, 3.63) is 10.1 Å². The lowest BCUT2D eigenvalue weighted by molar-refractivity contribution is -0.505. The van der Waals surface area contributed by atoms with Crippen LogP contribution >= 0.6 is 0 Å². The third-order valence-electron chi connectivity index (χ3n) is 3.24. The molecule has 13 heavy (non-hydrogen) atoms. The molecular formula is C8H11NO4. The Labute approximate surface area is 75.2 Å². The van der Waals surface area contributed by atoms with E-state index in [1.54, 1.807) is 0 Å². The van der Waals surface area contributed by atoms with Gasteiger partial charge in [-0.05, 0) is 12.8 Å². The number of nitro groups is 1. The van der Waals surface area contributed by atoms with Gasteiger partial charge in [-0.1, -0.05) is 0 Å². The molecule has 2 fully saturated rings. The molecule has 0 N–H and O–H groups in total. The minimum atomic E-state index is -0.395. The predicted molar refractivity (Wildman–Crippen MR) is 42.6 cm³/mol. The molecule has 1 unspecified atom stereocenters. The van der Waals surface area contributed by atoms with Crippen LogP contribution < -0.4 is 0 Å². The van der Waals surface area contributed by atoms with E-state index in [9.17, 15) is 14.9 Å². The second-order valence-corrected chi connectivity index (χ2v) is 4.00. The standard InChI is InChI=1S/C8H11NO4/c1-13-7(10)5-2-8(3-5)4-6(8)9(11)12/h5-6H,2-4H2,1H3. The smallest absolute Gasteiger partial charge is 0.308 e. The summed E-state index contributed by atoms with van der Waals surface area (Å²) in [6.07, 6.45) is 1.93. The van der Waals surface area contributed by atoms with Crippen molar-refractivity contribution >= 4 is 5.97 Å². The first-order valence-electron chi connectivity index (χ1n) is 4.30. The van der Waals surface area contributed by atoms with E-state index < -0.39 is 6.04 Å². The Balaban J connectivity index is 1.86. The van der Waals surface area contributed by atoms with E-state index in [0.29, 0.717) is 19.3 Å². The van der Waals surface area contributed by atoms with Crippen molar-refractivity contribution in [2.45, 2.75) is 25.3 Å². The summed E-state index contributed by atoms with van der Waals surface area (Å²) in [7, 11) is 1.35. The summed E-state index contributed by atoms with van der Waals surface area (Å²) in [5.41, 5.74) is -0.137. The number of carbonyl (C=O) groups excluding carboxylic acids is 1. The van der Waals surface area contributed by atoms with Crippen LogP contribution in [0.15, 0.2) is 0 Å². The Kier molecular flexibility index (Phi) is 1.58. The van der Waals surface area contributed by atoms with Crippen LogP contribution in [0.1, 0.15) is 19.3 Å². The topological polar surface area (TPSA) is 69.4 Å². The molecule has 0 amide bonds. The molecule has 5 heteroatoms. The average molecular weight is 185 g/mol. The molecule has 0 bridgehead atoms. The summed E-state index contributed by atoms with van der Waals surface area (Å²) in [4.78, 5) is 21.2. The number of nitrogens with zero attached hydrogens (tertiary/aromatic N) is 1. The minimum Gasteiger partial charge on any atom is -0.469 e. The molecule has 0 aliphatic heterocycles. The fraction of sp³-hybridized carbons (Fsp3) is 0.875. The Morgan fingerprint density at radius 2 is 2.15 bits per heavy atom. The van der Waals surface area contributed by atoms with Gasteiger partial charge in [-0.15, -0.1) is 0 Å². The van der Waals surface area contributed by atoms with Crippen molar-refractivity contribution < 1.29 is 14.5 Å². The number of esters is 1. The average Bonchev–Trinajstić information content (AvgIpc) is 2.74.